The van der Waals surface area contributed by atoms with Crippen LogP contribution >= 0.6 is 0 Å². The van der Waals surface area contributed by atoms with E-state index in [0.717, 1.165) is 39.8 Å². The Balaban J connectivity index is 1.74. The summed E-state index contributed by atoms with van der Waals surface area (Å²) in [5, 5.41) is 5.11. The molecule has 25 heavy (non-hydrogen) atoms. The predicted molar refractivity (Wildman–Crippen MR) is 102 cm³/mol. The van der Waals surface area contributed by atoms with Crippen molar-refractivity contribution in [3.63, 3.8) is 0 Å². The first-order valence-electron chi connectivity index (χ1n) is 8.19. The second kappa shape index (κ2) is 7.62. The maximum atomic E-state index is 12.2. The Hall–Kier alpha value is -3.14. The second-order valence-electron chi connectivity index (χ2n) is 5.68. The number of methoxy groups -OCH3 is 1. The highest BCUT2D eigenvalue weighted by molar-refractivity contribution is 6.02. The van der Waals surface area contributed by atoms with Crippen molar-refractivity contribution >= 4 is 28.4 Å². The smallest absolute Gasteiger partial charge is 0.248 e. The lowest BCUT2D eigenvalue weighted by Gasteiger charge is -2.07. The van der Waals surface area contributed by atoms with Gasteiger partial charge in [-0.2, -0.15) is 0 Å². The van der Waals surface area contributed by atoms with Crippen molar-refractivity contribution in [3.8, 4) is 5.75 Å². The Kier molecular flexibility index (Phi) is 5.09. The van der Waals surface area contributed by atoms with E-state index in [1.165, 1.54) is 0 Å². The fourth-order valence-electron chi connectivity index (χ4n) is 2.65. The molecule has 0 saturated heterocycles. The average molecular weight is 332 g/mol. The van der Waals surface area contributed by atoms with E-state index in [2.05, 4.69) is 10.3 Å². The first kappa shape index (κ1) is 16.7. The Bertz CT molecular complexity index is 932. The summed E-state index contributed by atoms with van der Waals surface area (Å²) in [6.07, 6.45) is 7.63. The third-order valence-corrected chi connectivity index (χ3v) is 4.04. The fraction of sp³-hybridized carbons (Fsp3) is 0.143. The third-order valence-electron chi connectivity index (χ3n) is 4.04. The molecule has 0 bridgehead atoms. The van der Waals surface area contributed by atoms with Crippen LogP contribution in [0.5, 0.6) is 5.75 Å². The van der Waals surface area contributed by atoms with Gasteiger partial charge in [0.2, 0.25) is 5.91 Å². The molecule has 0 radical (unpaired) electrons. The van der Waals surface area contributed by atoms with Gasteiger partial charge in [-0.05, 0) is 58.7 Å². The number of hydrogen-bond donors (Lipinski definition) is 1. The number of carbonyl (C=O) groups excluding carboxylic acids is 1. The number of hydrogen-bond acceptors (Lipinski definition) is 3. The Morgan fingerprint density at radius 1 is 1.16 bits per heavy atom. The van der Waals surface area contributed by atoms with Crippen LogP contribution in [0.1, 0.15) is 18.1 Å². The lowest BCUT2D eigenvalue weighted by atomic mass is 10.1. The molecular weight excluding hydrogens is 312 g/mol. The molecular formula is C21H20N2O2. The van der Waals surface area contributed by atoms with E-state index < -0.39 is 0 Å². The minimum atomic E-state index is -0.157. The molecule has 4 heteroatoms. The number of pyridine rings is 1. The van der Waals surface area contributed by atoms with Gasteiger partial charge in [-0.3, -0.25) is 9.78 Å². The van der Waals surface area contributed by atoms with Gasteiger partial charge in [-0.1, -0.05) is 25.1 Å². The summed E-state index contributed by atoms with van der Waals surface area (Å²) >= 11 is 0. The molecule has 1 heterocycles. The first-order chi connectivity index (χ1) is 12.2. The van der Waals surface area contributed by atoms with Crippen molar-refractivity contribution in [2.24, 2.45) is 0 Å². The number of carbonyl (C=O) groups is 1. The zero-order valence-corrected chi connectivity index (χ0v) is 14.3. The van der Waals surface area contributed by atoms with Gasteiger partial charge in [0.25, 0.3) is 0 Å². The summed E-state index contributed by atoms with van der Waals surface area (Å²) in [6.45, 7) is 2.03. The van der Waals surface area contributed by atoms with Gasteiger partial charge in [0, 0.05) is 24.2 Å². The Labute approximate surface area is 147 Å². The average Bonchev–Trinajstić information content (AvgIpc) is 2.66. The predicted octanol–water partition coefficient (Wildman–Crippen LogP) is 4.46. The van der Waals surface area contributed by atoms with Crippen LogP contribution in [0, 0.1) is 0 Å². The van der Waals surface area contributed by atoms with Crippen LogP contribution in [0.4, 0.5) is 5.69 Å². The van der Waals surface area contributed by atoms with Crippen molar-refractivity contribution in [2.45, 2.75) is 13.3 Å². The van der Waals surface area contributed by atoms with E-state index in [4.69, 9.17) is 4.74 Å². The monoisotopic (exact) mass is 332 g/mol. The molecule has 1 amide bonds. The molecule has 0 atom stereocenters. The van der Waals surface area contributed by atoms with E-state index in [1.54, 1.807) is 25.6 Å². The molecule has 0 fully saturated rings. The molecule has 4 nitrogen and oxygen atoms in total. The van der Waals surface area contributed by atoms with Gasteiger partial charge in [-0.25, -0.2) is 0 Å². The van der Waals surface area contributed by atoms with Gasteiger partial charge >= 0.3 is 0 Å². The van der Waals surface area contributed by atoms with Gasteiger partial charge in [0.05, 0.1) is 7.11 Å². The number of fused-ring (bicyclic) bond motifs is 1. The molecule has 0 saturated carbocycles. The number of anilines is 1. The summed E-state index contributed by atoms with van der Waals surface area (Å²) in [6, 6.07) is 13.8. The second-order valence-corrected chi connectivity index (χ2v) is 5.68. The molecule has 3 aromatic rings. The van der Waals surface area contributed by atoms with Crippen LogP contribution in [0.25, 0.3) is 16.8 Å². The molecule has 1 aromatic heterocycles. The molecule has 2 aromatic carbocycles. The molecule has 0 spiro atoms. The quantitative estimate of drug-likeness (QED) is 0.702. The number of nitrogens with zero attached hydrogens (tertiary/aromatic N) is 1. The van der Waals surface area contributed by atoms with Crippen molar-refractivity contribution in [1.82, 2.24) is 4.98 Å². The van der Waals surface area contributed by atoms with Gasteiger partial charge in [0.15, 0.2) is 0 Å². The van der Waals surface area contributed by atoms with Crippen LogP contribution in [0.3, 0.4) is 0 Å². The van der Waals surface area contributed by atoms with Gasteiger partial charge in [-0.15, -0.1) is 0 Å². The minimum absolute atomic E-state index is 0.157. The van der Waals surface area contributed by atoms with Crippen LogP contribution in [-0.2, 0) is 11.2 Å². The highest BCUT2D eigenvalue weighted by Crippen LogP contribution is 2.22. The van der Waals surface area contributed by atoms with E-state index in [9.17, 15) is 4.79 Å². The number of nitrogens with one attached hydrogen (secondary N) is 1. The van der Waals surface area contributed by atoms with Gasteiger partial charge in [0.1, 0.15) is 5.75 Å². The standard InChI is InChI=1S/C21H20N2O2/c1-3-16-14-22-11-10-20(16)23-21(24)9-5-15-4-6-18-13-19(25-2)8-7-17(18)12-15/h4-14H,3H2,1-2H3,(H,22,23,24)/b9-5+. The lowest BCUT2D eigenvalue weighted by molar-refractivity contribution is -0.111. The first-order valence-corrected chi connectivity index (χ1v) is 8.19. The Morgan fingerprint density at radius 2 is 1.96 bits per heavy atom. The van der Waals surface area contributed by atoms with E-state index in [0.29, 0.717) is 0 Å². The third kappa shape index (κ3) is 4.04. The fourth-order valence-corrected chi connectivity index (χ4v) is 2.65. The SMILES string of the molecule is CCc1cnccc1NC(=O)/C=C/c1ccc2cc(OC)ccc2c1. The van der Waals surface area contributed by atoms with Crippen LogP contribution in [-0.4, -0.2) is 18.0 Å². The molecule has 126 valence electrons. The number of aromatic nitrogens is 1. The molecule has 0 aliphatic heterocycles. The van der Waals surface area contributed by atoms with E-state index in [-0.39, 0.29) is 5.91 Å². The van der Waals surface area contributed by atoms with Crippen molar-refractivity contribution in [1.29, 1.82) is 0 Å². The largest absolute Gasteiger partial charge is 0.497 e. The molecule has 0 aliphatic rings. The number of aryl methyl sites for hydroxylation is 1. The summed E-state index contributed by atoms with van der Waals surface area (Å²) in [5.74, 6) is 0.676. The summed E-state index contributed by atoms with van der Waals surface area (Å²) in [7, 11) is 1.66. The summed E-state index contributed by atoms with van der Waals surface area (Å²) in [5.41, 5.74) is 2.79. The lowest BCUT2D eigenvalue weighted by Crippen LogP contribution is -2.09. The molecule has 3 rings (SSSR count). The number of ether oxygens (including phenoxy) is 1. The van der Waals surface area contributed by atoms with Crippen LogP contribution in [0.2, 0.25) is 0 Å². The topological polar surface area (TPSA) is 51.2 Å². The Morgan fingerprint density at radius 3 is 2.76 bits per heavy atom. The number of benzene rings is 2. The van der Waals surface area contributed by atoms with Crippen molar-refractivity contribution < 1.29 is 9.53 Å². The summed E-state index contributed by atoms with van der Waals surface area (Å²) < 4.78 is 5.24. The minimum Gasteiger partial charge on any atom is -0.497 e. The van der Waals surface area contributed by atoms with Crippen LogP contribution < -0.4 is 10.1 Å². The number of rotatable bonds is 5. The van der Waals surface area contributed by atoms with Crippen LogP contribution in [0.15, 0.2) is 60.9 Å². The van der Waals surface area contributed by atoms with Crippen molar-refractivity contribution in [3.05, 3.63) is 72.1 Å². The van der Waals surface area contributed by atoms with E-state index >= 15 is 0 Å². The molecule has 0 unspecified atom stereocenters. The molecule has 0 aliphatic carbocycles. The maximum absolute atomic E-state index is 12.2. The normalized spacial score (nSPS) is 11.0. The maximum Gasteiger partial charge on any atom is 0.248 e. The number of amides is 1. The zero-order valence-electron chi connectivity index (χ0n) is 14.3. The highest BCUT2D eigenvalue weighted by atomic mass is 16.5. The van der Waals surface area contributed by atoms with Gasteiger partial charge < -0.3 is 10.1 Å². The van der Waals surface area contributed by atoms with Crippen molar-refractivity contribution in [2.75, 3.05) is 12.4 Å². The zero-order chi connectivity index (χ0) is 17.6. The van der Waals surface area contributed by atoms with E-state index in [1.807, 2.05) is 55.5 Å². The molecule has 1 N–H and O–H groups in total. The summed E-state index contributed by atoms with van der Waals surface area (Å²) in [4.78, 5) is 16.2. The highest BCUT2D eigenvalue weighted by Gasteiger charge is 2.03.